The first kappa shape index (κ1) is 15.0. The molecule has 112 valence electrons. The van der Waals surface area contributed by atoms with E-state index in [9.17, 15) is 17.1 Å². The number of carbonyl (C=O) groups excluding carboxylic acids is 1. The molecule has 2 atom stereocenters. The Balaban J connectivity index is 2.10. The van der Waals surface area contributed by atoms with E-state index < -0.39 is 21.9 Å². The van der Waals surface area contributed by atoms with Crippen molar-refractivity contribution in [2.75, 3.05) is 17.2 Å². The molecule has 1 aromatic heterocycles. The van der Waals surface area contributed by atoms with Crippen LogP contribution in [0.4, 0.5) is 9.70 Å². The molecule has 1 saturated heterocycles. The van der Waals surface area contributed by atoms with E-state index >= 15 is 0 Å². The lowest BCUT2D eigenvalue weighted by molar-refractivity contribution is -0.117. The highest BCUT2D eigenvalue weighted by atomic mass is 32.3. The van der Waals surface area contributed by atoms with Crippen LogP contribution < -0.4 is 4.90 Å². The fourth-order valence-electron chi connectivity index (χ4n) is 2.33. The third-order valence-electron chi connectivity index (χ3n) is 3.64. The predicted octanol–water partition coefficient (Wildman–Crippen LogP) is 1.58. The van der Waals surface area contributed by atoms with Crippen LogP contribution in [0.2, 0.25) is 0 Å². The Kier molecular flexibility index (Phi) is 4.12. The third-order valence-corrected chi connectivity index (χ3v) is 4.51. The quantitative estimate of drug-likeness (QED) is 0.837. The highest BCUT2D eigenvalue weighted by molar-refractivity contribution is 7.86. The van der Waals surface area contributed by atoms with Gasteiger partial charge in [0.05, 0.1) is 5.75 Å². The largest absolute Gasteiger partial charge is 0.302 e. The van der Waals surface area contributed by atoms with Crippen LogP contribution in [0.25, 0.3) is 0 Å². The maximum absolute atomic E-state index is 12.7. The van der Waals surface area contributed by atoms with E-state index in [-0.39, 0.29) is 18.9 Å². The molecule has 0 spiro atoms. The van der Waals surface area contributed by atoms with Crippen molar-refractivity contribution in [3.8, 4) is 0 Å². The van der Waals surface area contributed by atoms with E-state index in [4.69, 9.17) is 0 Å². The standard InChI is InChI=1S/C12H18FN3O3S/c1-3-8(2)10-5-11(15-14-10)16-6-9(4-12(16)17)7-20(13,18)19/h5,8-9H,3-4,6-7H2,1-2H3,(H,14,15). The number of rotatable bonds is 5. The lowest BCUT2D eigenvalue weighted by Gasteiger charge is -2.12. The maximum atomic E-state index is 12.7. The fourth-order valence-corrected chi connectivity index (χ4v) is 3.12. The van der Waals surface area contributed by atoms with Crippen molar-refractivity contribution >= 4 is 21.9 Å². The van der Waals surface area contributed by atoms with Gasteiger partial charge in [-0.15, -0.1) is 3.89 Å². The normalized spacial score (nSPS) is 21.4. The summed E-state index contributed by atoms with van der Waals surface area (Å²) in [7, 11) is -4.56. The number of carbonyl (C=O) groups is 1. The molecule has 8 heteroatoms. The summed E-state index contributed by atoms with van der Waals surface area (Å²) in [6, 6.07) is 1.79. The Hall–Kier alpha value is -1.44. The Bertz CT molecular complexity index is 599. The fraction of sp³-hybridized carbons (Fsp3) is 0.667. The zero-order chi connectivity index (χ0) is 14.9. The monoisotopic (exact) mass is 303 g/mol. The minimum Gasteiger partial charge on any atom is -0.295 e. The Morgan fingerprint density at radius 3 is 2.90 bits per heavy atom. The number of halogens is 1. The van der Waals surface area contributed by atoms with Gasteiger partial charge in [0.2, 0.25) is 5.91 Å². The number of amides is 1. The van der Waals surface area contributed by atoms with Crippen molar-refractivity contribution in [1.82, 2.24) is 10.2 Å². The molecule has 1 aliphatic heterocycles. The molecule has 1 fully saturated rings. The average molecular weight is 303 g/mol. The second-order valence-electron chi connectivity index (χ2n) is 5.27. The van der Waals surface area contributed by atoms with E-state index in [1.807, 2.05) is 13.8 Å². The summed E-state index contributed by atoms with van der Waals surface area (Å²) in [5.41, 5.74) is 0.928. The summed E-state index contributed by atoms with van der Waals surface area (Å²) in [5, 5.41) is 6.97. The van der Waals surface area contributed by atoms with E-state index in [0.29, 0.717) is 11.7 Å². The summed E-state index contributed by atoms with van der Waals surface area (Å²) in [6.45, 7) is 4.28. The molecular formula is C12H18FN3O3S. The predicted molar refractivity (Wildman–Crippen MR) is 72.6 cm³/mol. The molecule has 20 heavy (non-hydrogen) atoms. The van der Waals surface area contributed by atoms with E-state index in [1.165, 1.54) is 4.90 Å². The molecule has 0 aliphatic carbocycles. The minimum absolute atomic E-state index is 0.0364. The van der Waals surface area contributed by atoms with Gasteiger partial charge in [0.15, 0.2) is 5.82 Å². The van der Waals surface area contributed by atoms with Crippen LogP contribution in [-0.4, -0.2) is 36.8 Å². The number of nitrogens with zero attached hydrogens (tertiary/aromatic N) is 2. The summed E-state index contributed by atoms with van der Waals surface area (Å²) in [5.74, 6) is -0.570. The number of H-pyrrole nitrogens is 1. The second-order valence-corrected chi connectivity index (χ2v) is 6.68. The first-order chi connectivity index (χ1) is 9.30. The number of aromatic nitrogens is 2. The molecule has 0 radical (unpaired) electrons. The molecule has 1 aliphatic rings. The molecule has 2 unspecified atom stereocenters. The van der Waals surface area contributed by atoms with Crippen LogP contribution in [0.3, 0.4) is 0 Å². The Morgan fingerprint density at radius 2 is 2.30 bits per heavy atom. The number of anilines is 1. The summed E-state index contributed by atoms with van der Waals surface area (Å²) in [6.07, 6.45) is 0.979. The Labute approximate surface area is 117 Å². The van der Waals surface area contributed by atoms with Gasteiger partial charge in [-0.3, -0.25) is 14.8 Å². The van der Waals surface area contributed by atoms with Crippen LogP contribution in [0, 0.1) is 5.92 Å². The van der Waals surface area contributed by atoms with E-state index in [2.05, 4.69) is 10.2 Å². The molecule has 2 rings (SSSR count). The highest BCUT2D eigenvalue weighted by Crippen LogP contribution is 2.27. The van der Waals surface area contributed by atoms with Crippen LogP contribution in [0.1, 0.15) is 38.3 Å². The lowest BCUT2D eigenvalue weighted by Crippen LogP contribution is -2.25. The lowest BCUT2D eigenvalue weighted by atomic mass is 10.1. The minimum atomic E-state index is -4.56. The second kappa shape index (κ2) is 5.51. The van der Waals surface area contributed by atoms with Gasteiger partial charge in [-0.05, 0) is 12.3 Å². The number of aromatic amines is 1. The van der Waals surface area contributed by atoms with Gasteiger partial charge < -0.3 is 0 Å². The molecule has 0 bridgehead atoms. The average Bonchev–Trinajstić information content (AvgIpc) is 2.92. The van der Waals surface area contributed by atoms with Crippen LogP contribution >= 0.6 is 0 Å². The van der Waals surface area contributed by atoms with Crippen molar-refractivity contribution in [2.24, 2.45) is 5.92 Å². The zero-order valence-electron chi connectivity index (χ0n) is 11.5. The molecule has 6 nitrogen and oxygen atoms in total. The molecule has 1 N–H and O–H groups in total. The smallest absolute Gasteiger partial charge is 0.295 e. The summed E-state index contributed by atoms with van der Waals surface area (Å²) >= 11 is 0. The van der Waals surface area contributed by atoms with Gasteiger partial charge in [-0.2, -0.15) is 13.5 Å². The van der Waals surface area contributed by atoms with E-state index in [1.54, 1.807) is 6.07 Å². The number of hydrogen-bond donors (Lipinski definition) is 1. The van der Waals surface area contributed by atoms with Gasteiger partial charge in [-0.25, -0.2) is 0 Å². The molecule has 0 saturated carbocycles. The summed E-state index contributed by atoms with van der Waals surface area (Å²) in [4.78, 5) is 13.3. The van der Waals surface area contributed by atoms with Gasteiger partial charge in [0, 0.05) is 30.6 Å². The van der Waals surface area contributed by atoms with Gasteiger partial charge in [-0.1, -0.05) is 13.8 Å². The molecule has 0 aromatic carbocycles. The summed E-state index contributed by atoms with van der Waals surface area (Å²) < 4.78 is 34.0. The first-order valence-corrected chi connectivity index (χ1v) is 8.13. The number of hydrogen-bond acceptors (Lipinski definition) is 4. The van der Waals surface area contributed by atoms with Gasteiger partial charge in [0.1, 0.15) is 0 Å². The number of nitrogens with one attached hydrogen (secondary N) is 1. The molecule has 1 amide bonds. The highest BCUT2D eigenvalue weighted by Gasteiger charge is 2.34. The van der Waals surface area contributed by atoms with Crippen LogP contribution in [0.5, 0.6) is 0 Å². The molecule has 2 heterocycles. The van der Waals surface area contributed by atoms with E-state index in [0.717, 1.165) is 12.1 Å². The van der Waals surface area contributed by atoms with Crippen LogP contribution in [0.15, 0.2) is 6.07 Å². The van der Waals surface area contributed by atoms with Crippen molar-refractivity contribution in [3.05, 3.63) is 11.8 Å². The molecular weight excluding hydrogens is 285 g/mol. The molecule has 1 aromatic rings. The van der Waals surface area contributed by atoms with Crippen molar-refractivity contribution in [1.29, 1.82) is 0 Å². The van der Waals surface area contributed by atoms with Gasteiger partial charge >= 0.3 is 10.2 Å². The topological polar surface area (TPSA) is 83.1 Å². The van der Waals surface area contributed by atoms with Crippen LogP contribution in [-0.2, 0) is 15.0 Å². The van der Waals surface area contributed by atoms with Gasteiger partial charge in [0.25, 0.3) is 0 Å². The van der Waals surface area contributed by atoms with Crippen molar-refractivity contribution < 1.29 is 17.1 Å². The third kappa shape index (κ3) is 3.36. The zero-order valence-corrected chi connectivity index (χ0v) is 12.3. The Morgan fingerprint density at radius 1 is 1.60 bits per heavy atom. The SMILES string of the molecule is CCC(C)c1cc(N2CC(CS(=O)(=O)F)CC2=O)n[nH]1. The first-order valence-electron chi connectivity index (χ1n) is 6.58. The van der Waals surface area contributed by atoms with Crippen molar-refractivity contribution in [2.45, 2.75) is 32.6 Å². The maximum Gasteiger partial charge on any atom is 0.302 e. The van der Waals surface area contributed by atoms with Crippen molar-refractivity contribution in [3.63, 3.8) is 0 Å².